The van der Waals surface area contributed by atoms with Crippen LogP contribution in [0.4, 0.5) is 13.2 Å². The minimum Gasteiger partial charge on any atom is -0.298 e. The maximum Gasteiger partial charge on any atom is 0.418 e. The van der Waals surface area contributed by atoms with Gasteiger partial charge in [-0.25, -0.2) is 0 Å². The van der Waals surface area contributed by atoms with Gasteiger partial charge in [0.1, 0.15) is 11.8 Å². The molecule has 1 N–H and O–H groups in total. The Morgan fingerprint density at radius 2 is 2.06 bits per heavy atom. The number of rotatable bonds is 1. The van der Waals surface area contributed by atoms with Crippen molar-refractivity contribution >= 4 is 17.2 Å². The summed E-state index contributed by atoms with van der Waals surface area (Å²) in [6.45, 7) is 1.60. The maximum atomic E-state index is 12.7. The van der Waals surface area contributed by atoms with Crippen LogP contribution in [0.1, 0.15) is 21.6 Å². The van der Waals surface area contributed by atoms with Gasteiger partial charge in [0.15, 0.2) is 0 Å². The summed E-state index contributed by atoms with van der Waals surface area (Å²) in [7, 11) is 0. The SMILES string of the molecule is Cc1[nH]nc2c(C(F)(F)F)cc(C=O)cc12. The topological polar surface area (TPSA) is 45.8 Å². The molecule has 1 aromatic carbocycles. The standard InChI is InChI=1S/C10H7F3N2O/c1-5-7-2-6(4-16)3-8(10(11,12)13)9(7)15-14-5/h2-4H,1H3,(H,14,15). The summed E-state index contributed by atoms with van der Waals surface area (Å²) in [5, 5.41) is 6.39. The third-order valence-electron chi connectivity index (χ3n) is 2.31. The van der Waals surface area contributed by atoms with Crippen molar-refractivity contribution in [2.75, 3.05) is 0 Å². The Morgan fingerprint density at radius 3 is 2.62 bits per heavy atom. The summed E-state index contributed by atoms with van der Waals surface area (Å²) in [6, 6.07) is 2.19. The first-order valence-corrected chi connectivity index (χ1v) is 4.44. The number of benzene rings is 1. The van der Waals surface area contributed by atoms with Gasteiger partial charge in [-0.1, -0.05) is 0 Å². The van der Waals surface area contributed by atoms with Crippen molar-refractivity contribution in [2.24, 2.45) is 0 Å². The highest BCUT2D eigenvalue weighted by Gasteiger charge is 2.34. The highest BCUT2D eigenvalue weighted by Crippen LogP contribution is 2.35. The van der Waals surface area contributed by atoms with Crippen LogP contribution in [0.5, 0.6) is 0 Å². The van der Waals surface area contributed by atoms with E-state index in [0.717, 1.165) is 6.07 Å². The number of fused-ring (bicyclic) bond motifs is 1. The summed E-state index contributed by atoms with van der Waals surface area (Å²) < 4.78 is 38.0. The van der Waals surface area contributed by atoms with E-state index in [-0.39, 0.29) is 11.1 Å². The molecule has 6 heteroatoms. The number of alkyl halides is 3. The second-order valence-corrected chi connectivity index (χ2v) is 3.43. The van der Waals surface area contributed by atoms with Crippen LogP contribution in [0.3, 0.4) is 0 Å². The van der Waals surface area contributed by atoms with E-state index in [0.29, 0.717) is 17.4 Å². The highest BCUT2D eigenvalue weighted by atomic mass is 19.4. The van der Waals surface area contributed by atoms with Gasteiger partial charge < -0.3 is 0 Å². The van der Waals surface area contributed by atoms with Gasteiger partial charge in [0.05, 0.1) is 5.56 Å². The fourth-order valence-corrected chi connectivity index (χ4v) is 1.55. The number of aryl methyl sites for hydroxylation is 1. The molecule has 0 aliphatic heterocycles. The lowest BCUT2D eigenvalue weighted by Crippen LogP contribution is -2.06. The Bertz CT molecular complexity index is 557. The molecule has 16 heavy (non-hydrogen) atoms. The van der Waals surface area contributed by atoms with E-state index in [4.69, 9.17) is 0 Å². The van der Waals surface area contributed by atoms with Gasteiger partial charge in [-0.15, -0.1) is 0 Å². The lowest BCUT2D eigenvalue weighted by atomic mass is 10.1. The third-order valence-corrected chi connectivity index (χ3v) is 2.31. The van der Waals surface area contributed by atoms with Gasteiger partial charge in [-0.2, -0.15) is 18.3 Å². The number of H-pyrrole nitrogens is 1. The fourth-order valence-electron chi connectivity index (χ4n) is 1.55. The van der Waals surface area contributed by atoms with Crippen LogP contribution in [-0.4, -0.2) is 16.5 Å². The van der Waals surface area contributed by atoms with Crippen LogP contribution in [0.15, 0.2) is 12.1 Å². The Hall–Kier alpha value is -1.85. The average molecular weight is 228 g/mol. The predicted octanol–water partition coefficient (Wildman–Crippen LogP) is 2.70. The molecular formula is C10H7F3N2O. The molecule has 0 radical (unpaired) electrons. The number of aromatic amines is 1. The highest BCUT2D eigenvalue weighted by molar-refractivity contribution is 5.91. The van der Waals surface area contributed by atoms with Crippen molar-refractivity contribution in [3.8, 4) is 0 Å². The summed E-state index contributed by atoms with van der Waals surface area (Å²) >= 11 is 0. The van der Waals surface area contributed by atoms with E-state index in [1.165, 1.54) is 6.07 Å². The zero-order chi connectivity index (χ0) is 11.9. The molecule has 0 fully saturated rings. The fraction of sp³-hybridized carbons (Fsp3) is 0.200. The van der Waals surface area contributed by atoms with Gasteiger partial charge in [-0.05, 0) is 19.1 Å². The molecule has 0 spiro atoms. The van der Waals surface area contributed by atoms with E-state index in [1.54, 1.807) is 6.92 Å². The Kier molecular flexibility index (Phi) is 2.22. The molecule has 2 aromatic rings. The summed E-state index contributed by atoms with van der Waals surface area (Å²) in [5.41, 5.74) is -0.555. The first-order valence-electron chi connectivity index (χ1n) is 4.44. The first-order chi connectivity index (χ1) is 7.43. The molecular weight excluding hydrogens is 221 g/mol. The quantitative estimate of drug-likeness (QED) is 0.762. The zero-order valence-corrected chi connectivity index (χ0v) is 8.22. The smallest absolute Gasteiger partial charge is 0.298 e. The molecule has 3 nitrogen and oxygen atoms in total. The van der Waals surface area contributed by atoms with E-state index in [9.17, 15) is 18.0 Å². The van der Waals surface area contributed by atoms with E-state index >= 15 is 0 Å². The molecule has 0 bridgehead atoms. The second-order valence-electron chi connectivity index (χ2n) is 3.43. The molecule has 0 aliphatic carbocycles. The molecule has 0 unspecified atom stereocenters. The van der Waals surface area contributed by atoms with Crippen LogP contribution in [0, 0.1) is 6.92 Å². The number of hydrogen-bond donors (Lipinski definition) is 1. The molecule has 0 atom stereocenters. The van der Waals surface area contributed by atoms with Crippen molar-refractivity contribution < 1.29 is 18.0 Å². The molecule has 0 saturated heterocycles. The van der Waals surface area contributed by atoms with Crippen molar-refractivity contribution in [1.82, 2.24) is 10.2 Å². The molecule has 1 aromatic heterocycles. The van der Waals surface area contributed by atoms with Crippen LogP contribution < -0.4 is 0 Å². The summed E-state index contributed by atoms with van der Waals surface area (Å²) in [4.78, 5) is 10.6. The first kappa shape index (κ1) is 10.7. The number of hydrogen-bond acceptors (Lipinski definition) is 2. The summed E-state index contributed by atoms with van der Waals surface area (Å²) in [5.74, 6) is 0. The van der Waals surface area contributed by atoms with Crippen LogP contribution in [0.2, 0.25) is 0 Å². The van der Waals surface area contributed by atoms with Crippen LogP contribution in [0.25, 0.3) is 10.9 Å². The average Bonchev–Trinajstić information content (AvgIpc) is 2.58. The van der Waals surface area contributed by atoms with Crippen molar-refractivity contribution in [3.63, 3.8) is 0 Å². The minimum atomic E-state index is -4.51. The molecule has 0 saturated carbocycles. The number of carbonyl (C=O) groups excluding carboxylic acids is 1. The normalized spacial score (nSPS) is 12.0. The number of aldehydes is 1. The van der Waals surface area contributed by atoms with Gasteiger partial charge in [0, 0.05) is 16.6 Å². The van der Waals surface area contributed by atoms with Crippen molar-refractivity contribution in [1.29, 1.82) is 0 Å². The molecule has 1 heterocycles. The molecule has 0 aliphatic rings. The molecule has 0 amide bonds. The molecule has 84 valence electrons. The monoisotopic (exact) mass is 228 g/mol. The van der Waals surface area contributed by atoms with Gasteiger partial charge in [0.2, 0.25) is 0 Å². The van der Waals surface area contributed by atoms with Crippen LogP contribution >= 0.6 is 0 Å². The lowest BCUT2D eigenvalue weighted by Gasteiger charge is -2.07. The van der Waals surface area contributed by atoms with E-state index < -0.39 is 11.7 Å². The van der Waals surface area contributed by atoms with Crippen molar-refractivity contribution in [2.45, 2.75) is 13.1 Å². The number of halogens is 3. The Labute approximate surface area is 88.3 Å². The number of carbonyl (C=O) groups is 1. The number of nitrogens with one attached hydrogen (secondary N) is 1. The van der Waals surface area contributed by atoms with Crippen molar-refractivity contribution in [3.05, 3.63) is 29.0 Å². The Morgan fingerprint density at radius 1 is 1.38 bits per heavy atom. The minimum absolute atomic E-state index is 0.00988. The lowest BCUT2D eigenvalue weighted by molar-refractivity contribution is -0.136. The van der Waals surface area contributed by atoms with E-state index in [2.05, 4.69) is 10.2 Å². The maximum absolute atomic E-state index is 12.7. The Balaban J connectivity index is 2.85. The largest absolute Gasteiger partial charge is 0.418 e. The zero-order valence-electron chi connectivity index (χ0n) is 8.22. The van der Waals surface area contributed by atoms with Gasteiger partial charge in [-0.3, -0.25) is 9.89 Å². The number of aromatic nitrogens is 2. The third kappa shape index (κ3) is 1.56. The predicted molar refractivity (Wildman–Crippen MR) is 51.2 cm³/mol. The number of nitrogens with zero attached hydrogens (tertiary/aromatic N) is 1. The molecule has 2 rings (SSSR count). The van der Waals surface area contributed by atoms with Gasteiger partial charge in [0.25, 0.3) is 0 Å². The summed E-state index contributed by atoms with van der Waals surface area (Å²) in [6.07, 6.45) is -4.12. The second kappa shape index (κ2) is 3.33. The van der Waals surface area contributed by atoms with Gasteiger partial charge >= 0.3 is 6.18 Å². The van der Waals surface area contributed by atoms with E-state index in [1.807, 2.05) is 0 Å². The van der Waals surface area contributed by atoms with Crippen LogP contribution in [-0.2, 0) is 6.18 Å².